The van der Waals surface area contributed by atoms with Crippen molar-refractivity contribution in [3.05, 3.63) is 53.6 Å². The van der Waals surface area contributed by atoms with Gasteiger partial charge in [0.25, 0.3) is 5.91 Å². The smallest absolute Gasteiger partial charge is 0.254 e. The van der Waals surface area contributed by atoms with Gasteiger partial charge < -0.3 is 25.6 Å². The van der Waals surface area contributed by atoms with Crippen LogP contribution in [0.25, 0.3) is 11.2 Å². The van der Waals surface area contributed by atoms with E-state index in [-0.39, 0.29) is 24.3 Å². The lowest BCUT2D eigenvalue weighted by Gasteiger charge is -2.17. The topological polar surface area (TPSA) is 135 Å². The minimum atomic E-state index is -0.753. The summed E-state index contributed by atoms with van der Waals surface area (Å²) in [5, 5.41) is 16.6. The van der Waals surface area contributed by atoms with Crippen molar-refractivity contribution in [1.82, 2.24) is 29.4 Å². The van der Waals surface area contributed by atoms with Crippen molar-refractivity contribution in [3.8, 4) is 0 Å². The first kappa shape index (κ1) is 19.4. The van der Waals surface area contributed by atoms with Crippen LogP contribution < -0.4 is 11.1 Å². The summed E-state index contributed by atoms with van der Waals surface area (Å²) < 4.78 is 1.76. The van der Waals surface area contributed by atoms with Gasteiger partial charge in [0.15, 0.2) is 16.6 Å². The lowest BCUT2D eigenvalue weighted by Crippen LogP contribution is -2.29. The third-order valence-electron chi connectivity index (χ3n) is 5.27. The summed E-state index contributed by atoms with van der Waals surface area (Å²) in [5.41, 5.74) is 9.14. The van der Waals surface area contributed by atoms with Crippen LogP contribution in [0.3, 0.4) is 0 Å². The Morgan fingerprint density at radius 2 is 2.16 bits per heavy atom. The summed E-state index contributed by atoms with van der Waals surface area (Å²) in [6, 6.07) is 6.89. The number of aryl methyl sites for hydroxylation is 1. The number of nitrogens with two attached hydrogens (primary N) is 1. The molecule has 2 atom stereocenters. The molecular formula is C20H20N8O2S. The van der Waals surface area contributed by atoms with E-state index in [2.05, 4.69) is 25.3 Å². The molecule has 0 unspecified atom stereocenters. The molecule has 10 nitrogen and oxygen atoms in total. The number of likely N-dealkylation sites (tertiary alicyclic amines) is 1. The van der Waals surface area contributed by atoms with Gasteiger partial charge in [-0.2, -0.15) is 0 Å². The fourth-order valence-electron chi connectivity index (χ4n) is 3.77. The quantitative estimate of drug-likeness (QED) is 0.442. The van der Waals surface area contributed by atoms with E-state index >= 15 is 0 Å². The van der Waals surface area contributed by atoms with Gasteiger partial charge in [-0.1, -0.05) is 6.07 Å². The third-order valence-corrected chi connectivity index (χ3v) is 6.15. The standard InChI is InChI=1S/C20H20N8O2S/c1-11-8-31-20(25-11)26-13-4-2-3-12(5-13)19(30)27-6-14(15(29)7-27)28-10-24-16-17(21)22-9-23-18(16)28/h2-5,8-10,14-15,29H,6-7H2,1H3,(H,25,26)(H2,21,22,23)/t14-,15-/m1/s1. The zero-order valence-electron chi connectivity index (χ0n) is 16.6. The van der Waals surface area contributed by atoms with Crippen molar-refractivity contribution < 1.29 is 9.90 Å². The maximum absolute atomic E-state index is 13.1. The van der Waals surface area contributed by atoms with Gasteiger partial charge in [-0.05, 0) is 25.1 Å². The molecule has 31 heavy (non-hydrogen) atoms. The summed E-state index contributed by atoms with van der Waals surface area (Å²) in [4.78, 5) is 31.6. The number of nitrogens with zero attached hydrogens (tertiary/aromatic N) is 6. The van der Waals surface area contributed by atoms with Crippen molar-refractivity contribution in [2.24, 2.45) is 0 Å². The highest BCUT2D eigenvalue weighted by molar-refractivity contribution is 7.13. The van der Waals surface area contributed by atoms with E-state index in [9.17, 15) is 9.90 Å². The van der Waals surface area contributed by atoms with Crippen molar-refractivity contribution in [2.45, 2.75) is 19.1 Å². The number of benzene rings is 1. The van der Waals surface area contributed by atoms with Gasteiger partial charge in [0.1, 0.15) is 11.8 Å². The van der Waals surface area contributed by atoms with Crippen molar-refractivity contribution in [1.29, 1.82) is 0 Å². The maximum atomic E-state index is 13.1. The molecule has 0 aliphatic carbocycles. The van der Waals surface area contributed by atoms with Crippen molar-refractivity contribution in [3.63, 3.8) is 0 Å². The number of thiazole rings is 1. The molecule has 0 spiro atoms. The molecule has 1 fully saturated rings. The summed E-state index contributed by atoms with van der Waals surface area (Å²) in [6.45, 7) is 2.48. The first-order valence-electron chi connectivity index (χ1n) is 9.69. The highest BCUT2D eigenvalue weighted by atomic mass is 32.1. The highest BCUT2D eigenvalue weighted by Gasteiger charge is 2.36. The SMILES string of the molecule is Cc1csc(Nc2cccc(C(=O)N3C[C@@H](O)[C@H](n4cnc5c(N)ncnc54)C3)c2)n1. The lowest BCUT2D eigenvalue weighted by molar-refractivity contribution is 0.0764. The number of aliphatic hydroxyl groups is 1. The lowest BCUT2D eigenvalue weighted by atomic mass is 10.2. The van der Waals surface area contributed by atoms with E-state index < -0.39 is 6.10 Å². The van der Waals surface area contributed by atoms with E-state index in [4.69, 9.17) is 5.73 Å². The third kappa shape index (κ3) is 3.57. The van der Waals surface area contributed by atoms with Crippen LogP contribution in [0.4, 0.5) is 16.6 Å². The molecule has 11 heteroatoms. The molecule has 1 amide bonds. The normalized spacial score (nSPS) is 18.6. The largest absolute Gasteiger partial charge is 0.389 e. The van der Waals surface area contributed by atoms with Crippen LogP contribution in [0.5, 0.6) is 0 Å². The minimum Gasteiger partial charge on any atom is -0.389 e. The van der Waals surface area contributed by atoms with Crippen LogP contribution in [-0.4, -0.2) is 59.6 Å². The second kappa shape index (κ2) is 7.60. The van der Waals surface area contributed by atoms with Gasteiger partial charge >= 0.3 is 0 Å². The first-order chi connectivity index (χ1) is 15.0. The molecule has 0 bridgehead atoms. The van der Waals surface area contributed by atoms with Crippen LogP contribution in [0, 0.1) is 6.92 Å². The maximum Gasteiger partial charge on any atom is 0.254 e. The zero-order chi connectivity index (χ0) is 21.5. The van der Waals surface area contributed by atoms with Gasteiger partial charge in [0.2, 0.25) is 0 Å². The van der Waals surface area contributed by atoms with Gasteiger partial charge in [-0.3, -0.25) is 4.79 Å². The molecule has 4 aromatic rings. The molecule has 1 aromatic carbocycles. The predicted molar refractivity (Wildman–Crippen MR) is 117 cm³/mol. The van der Waals surface area contributed by atoms with E-state index in [0.717, 1.165) is 16.5 Å². The van der Waals surface area contributed by atoms with Crippen LogP contribution in [-0.2, 0) is 0 Å². The molecular weight excluding hydrogens is 416 g/mol. The van der Waals surface area contributed by atoms with Crippen molar-refractivity contribution >= 4 is 45.0 Å². The second-order valence-electron chi connectivity index (χ2n) is 7.43. The summed E-state index contributed by atoms with van der Waals surface area (Å²) in [6.07, 6.45) is 2.19. The van der Waals surface area contributed by atoms with E-state index in [0.29, 0.717) is 23.3 Å². The van der Waals surface area contributed by atoms with E-state index in [1.165, 1.54) is 17.7 Å². The van der Waals surface area contributed by atoms with Crippen LogP contribution >= 0.6 is 11.3 Å². The van der Waals surface area contributed by atoms with Gasteiger partial charge in [-0.25, -0.2) is 19.9 Å². The molecule has 1 saturated heterocycles. The molecule has 4 N–H and O–H groups in total. The number of hydrogen-bond acceptors (Lipinski definition) is 9. The minimum absolute atomic E-state index is 0.154. The molecule has 1 aliphatic rings. The molecule has 158 valence electrons. The highest BCUT2D eigenvalue weighted by Crippen LogP contribution is 2.28. The molecule has 0 radical (unpaired) electrons. The Balaban J connectivity index is 1.36. The number of β-amino-alcohol motifs (C(OH)–C–C–N with tert-alkyl or cyclic N) is 1. The Morgan fingerprint density at radius 1 is 1.29 bits per heavy atom. The number of aliphatic hydroxyl groups excluding tert-OH is 1. The second-order valence-corrected chi connectivity index (χ2v) is 8.29. The monoisotopic (exact) mass is 436 g/mol. The number of rotatable bonds is 4. The molecule has 5 rings (SSSR count). The van der Waals surface area contributed by atoms with E-state index in [1.807, 2.05) is 24.4 Å². The number of nitrogen functional groups attached to an aromatic ring is 1. The predicted octanol–water partition coefficient (Wildman–Crippen LogP) is 1.98. The number of aromatic nitrogens is 5. The number of imidazole rings is 1. The zero-order valence-corrected chi connectivity index (χ0v) is 17.5. The number of carbonyl (C=O) groups excluding carboxylic acids is 1. The molecule has 0 saturated carbocycles. The average molecular weight is 437 g/mol. The Labute approximate surface area is 181 Å². The first-order valence-corrected chi connectivity index (χ1v) is 10.6. The summed E-state index contributed by atoms with van der Waals surface area (Å²) >= 11 is 1.51. The average Bonchev–Trinajstić information content (AvgIpc) is 3.46. The summed E-state index contributed by atoms with van der Waals surface area (Å²) in [7, 11) is 0. The number of anilines is 3. The van der Waals surface area contributed by atoms with Gasteiger partial charge in [0, 0.05) is 29.7 Å². The molecule has 3 aromatic heterocycles. The number of carbonyl (C=O) groups is 1. The van der Waals surface area contributed by atoms with Gasteiger partial charge in [-0.15, -0.1) is 11.3 Å². The Bertz CT molecular complexity index is 1270. The molecule has 4 heterocycles. The number of fused-ring (bicyclic) bond motifs is 1. The van der Waals surface area contributed by atoms with Crippen molar-refractivity contribution in [2.75, 3.05) is 24.1 Å². The number of hydrogen-bond donors (Lipinski definition) is 3. The Kier molecular flexibility index (Phi) is 4.75. The Morgan fingerprint density at radius 3 is 2.97 bits per heavy atom. The van der Waals surface area contributed by atoms with Crippen LogP contribution in [0.2, 0.25) is 0 Å². The fourth-order valence-corrected chi connectivity index (χ4v) is 4.48. The Hall–Kier alpha value is -3.57. The van der Waals surface area contributed by atoms with Gasteiger partial charge in [0.05, 0.1) is 24.2 Å². The fraction of sp³-hybridized carbons (Fsp3) is 0.250. The number of nitrogens with one attached hydrogen (secondary N) is 1. The number of amides is 1. The van der Waals surface area contributed by atoms with E-state index in [1.54, 1.807) is 27.9 Å². The van der Waals surface area contributed by atoms with Crippen LogP contribution in [0.1, 0.15) is 22.1 Å². The molecule has 1 aliphatic heterocycles. The van der Waals surface area contributed by atoms with Crippen LogP contribution in [0.15, 0.2) is 42.3 Å². The summed E-state index contributed by atoms with van der Waals surface area (Å²) in [5.74, 6) is 0.128.